The first kappa shape index (κ1) is 17.8. The van der Waals surface area contributed by atoms with Crippen LogP contribution in [0.25, 0.3) is 15.7 Å². The van der Waals surface area contributed by atoms with Gasteiger partial charge in [-0.15, -0.1) is 11.3 Å². The van der Waals surface area contributed by atoms with Crippen LogP contribution in [-0.4, -0.2) is 29.0 Å². The van der Waals surface area contributed by atoms with Gasteiger partial charge in [-0.25, -0.2) is 4.39 Å². The summed E-state index contributed by atoms with van der Waals surface area (Å²) in [6, 6.07) is 11.5. The zero-order chi connectivity index (χ0) is 19.1. The Hall–Kier alpha value is -2.24. The number of allylic oxidation sites excluding steroid dienone is 1. The molecule has 2 aromatic heterocycles. The molecule has 0 bridgehead atoms. The Morgan fingerprint density at radius 1 is 1.07 bits per heavy atom. The number of benzene rings is 1. The Kier molecular flexibility index (Phi) is 4.65. The maximum Gasteiger partial charge on any atom is 0.257 e. The zero-order valence-electron chi connectivity index (χ0n) is 15.7. The van der Waals surface area contributed by atoms with Crippen LogP contribution < -0.4 is 5.56 Å². The minimum absolute atomic E-state index is 0.0122. The summed E-state index contributed by atoms with van der Waals surface area (Å²) in [5.74, 6) is 0.364. The number of halogens is 1. The molecule has 1 aliphatic heterocycles. The average Bonchev–Trinajstić information content (AvgIpc) is 3.39. The van der Waals surface area contributed by atoms with Crippen LogP contribution in [0.4, 0.5) is 4.39 Å². The van der Waals surface area contributed by atoms with Crippen LogP contribution in [0.5, 0.6) is 0 Å². The number of nitrogens with zero attached hydrogens (tertiary/aromatic N) is 1. The summed E-state index contributed by atoms with van der Waals surface area (Å²) < 4.78 is 14.2. The third kappa shape index (κ3) is 3.33. The normalized spacial score (nSPS) is 21.3. The number of fused-ring (bicyclic) bond motifs is 1. The lowest BCUT2D eigenvalue weighted by atomic mass is 9.89. The van der Waals surface area contributed by atoms with Gasteiger partial charge in [-0.3, -0.25) is 9.69 Å². The van der Waals surface area contributed by atoms with E-state index in [9.17, 15) is 9.18 Å². The molecule has 28 heavy (non-hydrogen) atoms. The van der Waals surface area contributed by atoms with E-state index in [1.165, 1.54) is 11.1 Å². The summed E-state index contributed by atoms with van der Waals surface area (Å²) >= 11 is 1.62. The van der Waals surface area contributed by atoms with E-state index < -0.39 is 0 Å². The van der Waals surface area contributed by atoms with Crippen LogP contribution in [0.3, 0.4) is 0 Å². The number of hydrogen-bond acceptors (Lipinski definition) is 3. The molecule has 0 radical (unpaired) electrons. The smallest absolute Gasteiger partial charge is 0.257 e. The zero-order valence-corrected chi connectivity index (χ0v) is 16.5. The highest BCUT2D eigenvalue weighted by molar-refractivity contribution is 7.17. The van der Waals surface area contributed by atoms with Gasteiger partial charge in [0.15, 0.2) is 0 Å². The number of pyridine rings is 1. The molecule has 1 saturated heterocycles. The van der Waals surface area contributed by atoms with E-state index >= 15 is 0 Å². The molecule has 3 nitrogen and oxygen atoms in total. The van der Waals surface area contributed by atoms with Gasteiger partial charge in [0.25, 0.3) is 5.56 Å². The summed E-state index contributed by atoms with van der Waals surface area (Å²) in [7, 11) is 0. The van der Waals surface area contributed by atoms with Crippen LogP contribution in [0, 0.1) is 5.82 Å². The van der Waals surface area contributed by atoms with Crippen molar-refractivity contribution in [3.8, 4) is 0 Å². The van der Waals surface area contributed by atoms with Crippen molar-refractivity contribution in [2.24, 2.45) is 0 Å². The van der Waals surface area contributed by atoms with E-state index in [0.29, 0.717) is 12.0 Å². The lowest BCUT2D eigenvalue weighted by molar-refractivity contribution is 0.176. The van der Waals surface area contributed by atoms with Crippen molar-refractivity contribution < 1.29 is 4.39 Å². The third-order valence-electron chi connectivity index (χ3n) is 6.25. The number of aromatic amines is 1. The highest BCUT2D eigenvalue weighted by Gasteiger charge is 2.28. The lowest BCUT2D eigenvalue weighted by Crippen LogP contribution is -2.39. The van der Waals surface area contributed by atoms with Crippen LogP contribution >= 0.6 is 11.3 Å². The Bertz CT molecular complexity index is 1070. The Morgan fingerprint density at radius 3 is 2.64 bits per heavy atom. The summed E-state index contributed by atoms with van der Waals surface area (Å²) in [5, 5.41) is 2.76. The second-order valence-corrected chi connectivity index (χ2v) is 8.82. The van der Waals surface area contributed by atoms with Crippen molar-refractivity contribution >= 4 is 27.0 Å². The van der Waals surface area contributed by atoms with Crippen LogP contribution in [0.15, 0.2) is 52.6 Å². The minimum atomic E-state index is -0.163. The van der Waals surface area contributed by atoms with Gasteiger partial charge in [-0.05, 0) is 85.5 Å². The fourth-order valence-electron chi connectivity index (χ4n) is 4.66. The predicted octanol–water partition coefficient (Wildman–Crippen LogP) is 5.15. The molecular weight excluding hydrogens is 371 g/mol. The monoisotopic (exact) mass is 394 g/mol. The third-order valence-corrected chi connectivity index (χ3v) is 7.12. The van der Waals surface area contributed by atoms with Gasteiger partial charge in [0.05, 0.1) is 5.39 Å². The number of hydrogen-bond donors (Lipinski definition) is 1. The van der Waals surface area contributed by atoms with Crippen LogP contribution in [0.2, 0.25) is 0 Å². The lowest BCUT2D eigenvalue weighted by Gasteiger charge is -2.35. The molecule has 0 saturated carbocycles. The van der Waals surface area contributed by atoms with Crippen LogP contribution in [-0.2, 0) is 0 Å². The largest absolute Gasteiger partial charge is 0.322 e. The molecule has 0 unspecified atom stereocenters. The summed E-state index contributed by atoms with van der Waals surface area (Å²) in [4.78, 5) is 17.9. The number of nitrogens with one attached hydrogen (secondary N) is 1. The quantitative estimate of drug-likeness (QED) is 0.667. The first-order valence-corrected chi connectivity index (χ1v) is 10.9. The molecule has 2 aliphatic rings. The summed E-state index contributed by atoms with van der Waals surface area (Å²) in [6.45, 7) is 2.13. The first-order chi connectivity index (χ1) is 13.7. The van der Waals surface area contributed by atoms with E-state index in [0.717, 1.165) is 54.6 Å². The van der Waals surface area contributed by atoms with E-state index in [2.05, 4.69) is 22.0 Å². The molecule has 0 amide bonds. The van der Waals surface area contributed by atoms with E-state index in [4.69, 9.17) is 0 Å². The molecule has 5 rings (SSSR count). The van der Waals surface area contributed by atoms with Gasteiger partial charge >= 0.3 is 0 Å². The van der Waals surface area contributed by atoms with E-state index in [-0.39, 0.29) is 11.4 Å². The summed E-state index contributed by atoms with van der Waals surface area (Å²) in [5.41, 5.74) is 3.51. The van der Waals surface area contributed by atoms with Crippen molar-refractivity contribution in [3.05, 3.63) is 75.3 Å². The van der Waals surface area contributed by atoms with Gasteiger partial charge in [-0.2, -0.15) is 0 Å². The van der Waals surface area contributed by atoms with Gasteiger partial charge < -0.3 is 4.98 Å². The number of thiophene rings is 1. The molecule has 3 aromatic rings. The number of piperidine rings is 1. The minimum Gasteiger partial charge on any atom is -0.322 e. The Balaban J connectivity index is 1.28. The number of aromatic nitrogens is 1. The van der Waals surface area contributed by atoms with Crippen molar-refractivity contribution in [3.63, 3.8) is 0 Å². The fraction of sp³-hybridized carbons (Fsp3) is 0.348. The van der Waals surface area contributed by atoms with Gasteiger partial charge in [-0.1, -0.05) is 18.2 Å². The van der Waals surface area contributed by atoms with Gasteiger partial charge in [0.2, 0.25) is 0 Å². The highest BCUT2D eigenvalue weighted by atomic mass is 32.1. The second-order valence-electron chi connectivity index (χ2n) is 7.87. The highest BCUT2D eigenvalue weighted by Crippen LogP contribution is 2.35. The predicted molar refractivity (Wildman–Crippen MR) is 113 cm³/mol. The number of likely N-dealkylation sites (tertiary alicyclic amines) is 1. The molecule has 1 aliphatic carbocycles. The van der Waals surface area contributed by atoms with Gasteiger partial charge in [0, 0.05) is 16.4 Å². The SMILES string of the molecule is O=c1[nH]c(C2=C[C@H](N3CCC(c4ccc(F)cc4)CC3)CC2)cc2sccc12. The Morgan fingerprint density at radius 2 is 1.86 bits per heavy atom. The molecule has 0 spiro atoms. The molecule has 5 heteroatoms. The maximum absolute atomic E-state index is 13.2. The van der Waals surface area contributed by atoms with Crippen molar-refractivity contribution in [1.29, 1.82) is 0 Å². The topological polar surface area (TPSA) is 36.1 Å². The first-order valence-electron chi connectivity index (χ1n) is 9.98. The second kappa shape index (κ2) is 7.30. The van der Waals surface area contributed by atoms with Crippen molar-refractivity contribution in [2.45, 2.75) is 37.6 Å². The molecule has 3 heterocycles. The number of rotatable bonds is 3. The molecule has 1 aromatic carbocycles. The molecule has 1 N–H and O–H groups in total. The molecule has 1 fully saturated rings. The van der Waals surface area contributed by atoms with Gasteiger partial charge in [0.1, 0.15) is 5.82 Å². The average molecular weight is 395 g/mol. The van der Waals surface area contributed by atoms with Crippen LogP contribution in [0.1, 0.15) is 42.9 Å². The van der Waals surface area contributed by atoms with Crippen molar-refractivity contribution in [1.82, 2.24) is 9.88 Å². The molecule has 144 valence electrons. The fourth-order valence-corrected chi connectivity index (χ4v) is 5.49. The van der Waals surface area contributed by atoms with E-state index in [1.807, 2.05) is 23.6 Å². The standard InChI is InChI=1S/C23H23FN2OS/c24-18-4-1-15(2-5-18)16-7-10-26(11-8-16)19-6-3-17(13-19)21-14-22-20(9-12-28-22)23(27)25-21/h1-2,4-5,9,12-14,16,19H,3,6-8,10-11H2,(H,25,27)/t19-/m1/s1. The summed E-state index contributed by atoms with van der Waals surface area (Å²) in [6.07, 6.45) is 6.70. The number of H-pyrrole nitrogens is 1. The maximum atomic E-state index is 13.2. The van der Waals surface area contributed by atoms with E-state index in [1.54, 1.807) is 23.5 Å². The van der Waals surface area contributed by atoms with Crippen molar-refractivity contribution in [2.75, 3.05) is 13.1 Å². The molecule has 1 atom stereocenters. The Labute approximate surface area is 167 Å². The molecular formula is C23H23FN2OS.